The monoisotopic (exact) mass is 369 g/mol. The molecule has 3 nitrogen and oxygen atoms in total. The lowest BCUT2D eigenvalue weighted by Gasteiger charge is -2.48. The predicted molar refractivity (Wildman–Crippen MR) is 109 cm³/mol. The maximum atomic E-state index is 6.23. The Kier molecular flexibility index (Phi) is 4.29. The van der Waals surface area contributed by atoms with Gasteiger partial charge in [-0.3, -0.25) is 0 Å². The van der Waals surface area contributed by atoms with E-state index >= 15 is 0 Å². The molecular weight excluding hydrogens is 338 g/mol. The van der Waals surface area contributed by atoms with Crippen LogP contribution in [0.15, 0.2) is 35.5 Å². The van der Waals surface area contributed by atoms with Gasteiger partial charge in [0.05, 0.1) is 5.71 Å². The van der Waals surface area contributed by atoms with Crippen LogP contribution in [-0.2, 0) is 11.3 Å². The molecule has 0 N–H and O–H groups in total. The van der Waals surface area contributed by atoms with E-state index in [0.717, 1.165) is 17.9 Å². The van der Waals surface area contributed by atoms with Crippen LogP contribution in [0.4, 0.5) is 0 Å². The molecule has 4 heteroatoms. The zero-order chi connectivity index (χ0) is 18.5. The third-order valence-corrected chi connectivity index (χ3v) is 7.46. The van der Waals surface area contributed by atoms with Crippen LogP contribution in [0, 0.1) is 17.3 Å². The highest BCUT2D eigenvalue weighted by Crippen LogP contribution is 2.58. The quantitative estimate of drug-likeness (QED) is 0.518. The fourth-order valence-corrected chi connectivity index (χ4v) is 6.33. The Balaban J connectivity index is 1.61. The SMILES string of the molecule is CO/N=C1\C=C[C@@H]2[C@@H]3CCc4cc(O[Si](C)(C)C)ccc4[C@H]3CC[C@]12C. The molecule has 1 fully saturated rings. The van der Waals surface area contributed by atoms with Crippen molar-refractivity contribution in [3.8, 4) is 5.75 Å². The van der Waals surface area contributed by atoms with Crippen molar-refractivity contribution in [1.82, 2.24) is 0 Å². The van der Waals surface area contributed by atoms with Crippen LogP contribution >= 0.6 is 0 Å². The topological polar surface area (TPSA) is 30.8 Å². The third-order valence-electron chi connectivity index (χ3n) is 6.61. The van der Waals surface area contributed by atoms with E-state index in [0.29, 0.717) is 17.8 Å². The smallest absolute Gasteiger partial charge is 0.242 e. The van der Waals surface area contributed by atoms with E-state index in [2.05, 4.69) is 62.1 Å². The van der Waals surface area contributed by atoms with E-state index in [9.17, 15) is 0 Å². The highest BCUT2D eigenvalue weighted by Gasteiger charge is 2.51. The maximum absolute atomic E-state index is 6.23. The largest absolute Gasteiger partial charge is 0.544 e. The van der Waals surface area contributed by atoms with Crippen molar-refractivity contribution in [2.24, 2.45) is 22.4 Å². The van der Waals surface area contributed by atoms with Crippen LogP contribution in [0.25, 0.3) is 0 Å². The summed E-state index contributed by atoms with van der Waals surface area (Å²) in [6, 6.07) is 6.88. The van der Waals surface area contributed by atoms with E-state index in [1.54, 1.807) is 12.7 Å². The van der Waals surface area contributed by atoms with Crippen LogP contribution in [0.5, 0.6) is 5.75 Å². The van der Waals surface area contributed by atoms with Gasteiger partial charge in [-0.25, -0.2) is 0 Å². The van der Waals surface area contributed by atoms with Gasteiger partial charge in [0.2, 0.25) is 8.32 Å². The summed E-state index contributed by atoms with van der Waals surface area (Å²) in [4.78, 5) is 5.11. The summed E-state index contributed by atoms with van der Waals surface area (Å²) in [6.45, 7) is 9.12. The lowest BCUT2D eigenvalue weighted by atomic mass is 9.55. The van der Waals surface area contributed by atoms with Crippen molar-refractivity contribution in [2.45, 2.75) is 58.2 Å². The van der Waals surface area contributed by atoms with E-state index in [4.69, 9.17) is 9.26 Å². The minimum absolute atomic E-state index is 0.148. The summed E-state index contributed by atoms with van der Waals surface area (Å²) >= 11 is 0. The maximum Gasteiger partial charge on any atom is 0.242 e. The average molecular weight is 370 g/mol. The zero-order valence-electron chi connectivity index (χ0n) is 16.7. The number of nitrogens with zero attached hydrogens (tertiary/aromatic N) is 1. The van der Waals surface area contributed by atoms with Gasteiger partial charge in [-0.15, -0.1) is 0 Å². The van der Waals surface area contributed by atoms with E-state index in [1.807, 2.05) is 0 Å². The van der Waals surface area contributed by atoms with Crippen molar-refractivity contribution < 1.29 is 9.26 Å². The number of benzene rings is 1. The summed E-state index contributed by atoms with van der Waals surface area (Å²) in [5, 5.41) is 4.32. The second kappa shape index (κ2) is 6.26. The average Bonchev–Trinajstić information content (AvgIpc) is 2.90. The van der Waals surface area contributed by atoms with Gasteiger partial charge in [0.15, 0.2) is 0 Å². The Morgan fingerprint density at radius 2 is 2.00 bits per heavy atom. The molecule has 0 saturated heterocycles. The van der Waals surface area contributed by atoms with Crippen LogP contribution in [0.1, 0.15) is 43.2 Å². The second-order valence-electron chi connectivity index (χ2n) is 9.38. The third kappa shape index (κ3) is 2.92. The molecule has 0 heterocycles. The molecule has 0 radical (unpaired) electrons. The molecule has 0 amide bonds. The highest BCUT2D eigenvalue weighted by molar-refractivity contribution is 6.70. The zero-order valence-corrected chi connectivity index (χ0v) is 17.7. The van der Waals surface area contributed by atoms with Crippen LogP contribution in [-0.4, -0.2) is 21.1 Å². The molecule has 3 aliphatic rings. The lowest BCUT2D eigenvalue weighted by molar-refractivity contribution is 0.119. The molecule has 4 rings (SSSR count). The van der Waals surface area contributed by atoms with Gasteiger partial charge in [0.1, 0.15) is 12.9 Å². The standard InChI is InChI=1S/C22H31NO2Si/c1-22-13-12-18-17-9-7-16(25-26(3,4)5)14-15(17)6-8-19(18)20(22)10-11-21(22)23-24-2/h7,9-11,14,18-20H,6,8,12-13H2,1-5H3/b23-21+/t18-,19-,20-,22+/m1/s1. The summed E-state index contributed by atoms with van der Waals surface area (Å²) in [5.41, 5.74) is 4.36. The number of allylic oxidation sites excluding steroid dienone is 2. The number of oxime groups is 1. The first-order valence-electron chi connectivity index (χ1n) is 9.93. The summed E-state index contributed by atoms with van der Waals surface area (Å²) in [7, 11) is 0.0977. The lowest BCUT2D eigenvalue weighted by Crippen LogP contribution is -2.43. The van der Waals surface area contributed by atoms with Crippen molar-refractivity contribution in [1.29, 1.82) is 0 Å². The Labute approximate surface area is 158 Å². The highest BCUT2D eigenvalue weighted by atomic mass is 28.4. The molecule has 0 aromatic heterocycles. The Hall–Kier alpha value is -1.55. The van der Waals surface area contributed by atoms with Gasteiger partial charge in [0, 0.05) is 5.41 Å². The van der Waals surface area contributed by atoms with Gasteiger partial charge in [0.25, 0.3) is 0 Å². The summed E-state index contributed by atoms with van der Waals surface area (Å²) in [6.07, 6.45) is 9.46. The number of fused-ring (bicyclic) bond motifs is 5. The molecule has 4 atom stereocenters. The number of hydrogen-bond donors (Lipinski definition) is 0. The first-order valence-corrected chi connectivity index (χ1v) is 13.3. The molecule has 1 aromatic carbocycles. The minimum atomic E-state index is -1.56. The van der Waals surface area contributed by atoms with Gasteiger partial charge in [-0.2, -0.15) is 0 Å². The van der Waals surface area contributed by atoms with Crippen molar-refractivity contribution in [2.75, 3.05) is 7.11 Å². The van der Waals surface area contributed by atoms with Gasteiger partial charge in [-0.05, 0) is 92.4 Å². The number of aryl methyl sites for hydroxylation is 1. The fraction of sp³-hybridized carbons (Fsp3) is 0.591. The molecule has 26 heavy (non-hydrogen) atoms. The first-order chi connectivity index (χ1) is 12.3. The Morgan fingerprint density at radius 3 is 2.73 bits per heavy atom. The molecule has 0 unspecified atom stereocenters. The van der Waals surface area contributed by atoms with E-state index in [1.165, 1.54) is 24.8 Å². The second-order valence-corrected chi connectivity index (χ2v) is 13.8. The molecule has 3 aliphatic carbocycles. The Bertz CT molecular complexity index is 764. The fourth-order valence-electron chi connectivity index (χ4n) is 5.50. The van der Waals surface area contributed by atoms with E-state index in [-0.39, 0.29) is 5.41 Å². The summed E-state index contributed by atoms with van der Waals surface area (Å²) < 4.78 is 6.23. The van der Waals surface area contributed by atoms with Crippen LogP contribution in [0.2, 0.25) is 19.6 Å². The molecule has 1 aromatic rings. The van der Waals surface area contributed by atoms with Crippen LogP contribution < -0.4 is 4.43 Å². The Morgan fingerprint density at radius 1 is 1.19 bits per heavy atom. The molecule has 140 valence electrons. The number of hydrogen-bond acceptors (Lipinski definition) is 3. The molecule has 0 bridgehead atoms. The van der Waals surface area contributed by atoms with Crippen LogP contribution in [0.3, 0.4) is 0 Å². The molecule has 0 spiro atoms. The van der Waals surface area contributed by atoms with Gasteiger partial charge >= 0.3 is 0 Å². The normalized spacial score (nSPS) is 34.2. The van der Waals surface area contributed by atoms with Crippen molar-refractivity contribution in [3.05, 3.63) is 41.5 Å². The predicted octanol–water partition coefficient (Wildman–Crippen LogP) is 5.53. The minimum Gasteiger partial charge on any atom is -0.544 e. The van der Waals surface area contributed by atoms with Gasteiger partial charge in [-0.1, -0.05) is 24.2 Å². The molecular formula is C22H31NO2Si. The van der Waals surface area contributed by atoms with Crippen molar-refractivity contribution >= 4 is 14.0 Å². The summed E-state index contributed by atoms with van der Waals surface area (Å²) in [5.74, 6) is 3.04. The van der Waals surface area contributed by atoms with E-state index < -0.39 is 8.32 Å². The molecule has 0 aliphatic heterocycles. The molecule has 1 saturated carbocycles. The van der Waals surface area contributed by atoms with Crippen molar-refractivity contribution in [3.63, 3.8) is 0 Å². The van der Waals surface area contributed by atoms with Gasteiger partial charge < -0.3 is 9.26 Å². The first kappa shape index (κ1) is 17.8. The number of rotatable bonds is 3.